The topological polar surface area (TPSA) is 130 Å². The molecule has 0 saturated carbocycles. The zero-order chi connectivity index (χ0) is 31.7. The summed E-state index contributed by atoms with van der Waals surface area (Å²) in [6, 6.07) is 0. The van der Waals surface area contributed by atoms with E-state index in [1.165, 1.54) is 0 Å². The van der Waals surface area contributed by atoms with E-state index in [9.17, 15) is 10.1 Å². The number of nitrogens with two attached hydrogens (primary N) is 1. The number of anilines is 3. The zero-order valence-corrected chi connectivity index (χ0v) is 30.0. The van der Waals surface area contributed by atoms with Crippen molar-refractivity contribution in [2.75, 3.05) is 28.7 Å². The van der Waals surface area contributed by atoms with E-state index in [1.54, 1.807) is 4.81 Å². The van der Waals surface area contributed by atoms with E-state index in [-0.39, 0.29) is 31.1 Å². The summed E-state index contributed by atoms with van der Waals surface area (Å²) in [5.74, 6) is 2.66. The van der Waals surface area contributed by atoms with Crippen LogP contribution in [0.25, 0.3) is 0 Å². The second-order valence-electron chi connectivity index (χ2n) is 14.1. The smallest absolute Gasteiger partial charge is 0.362 e. The molecule has 3 rings (SSSR count). The molecule has 3 heterocycles. The number of nitrogens with one attached hydrogen (secondary N) is 1. The highest BCUT2D eigenvalue weighted by molar-refractivity contribution is 6.78. The number of nitriles is 1. The highest BCUT2D eigenvalue weighted by Crippen LogP contribution is 2.47. The predicted molar refractivity (Wildman–Crippen MR) is 178 cm³/mol. The van der Waals surface area contributed by atoms with Gasteiger partial charge in [-0.25, -0.2) is 5.26 Å². The summed E-state index contributed by atoms with van der Waals surface area (Å²) < 4.78 is 21.3. The summed E-state index contributed by atoms with van der Waals surface area (Å²) in [5.41, 5.74) is 8.61. The molecule has 0 amide bonds. The number of fused-ring (bicyclic) bond motifs is 1. The normalized spacial score (nSPS) is 21.5. The van der Waals surface area contributed by atoms with Crippen LogP contribution >= 0.6 is 0 Å². The van der Waals surface area contributed by atoms with Gasteiger partial charge >= 0.3 is 7.41 Å². The Morgan fingerprint density at radius 3 is 2.00 bits per heavy atom. The van der Waals surface area contributed by atoms with Gasteiger partial charge in [-0.2, -0.15) is 4.98 Å². The molecule has 0 unspecified atom stereocenters. The fraction of sp³-hybridized carbons (Fsp3) is 0.828. The van der Waals surface area contributed by atoms with Gasteiger partial charge in [-0.05, 0) is 33.2 Å². The highest BCUT2D eigenvalue weighted by atomic mass is 28.4. The molecule has 3 atom stereocenters. The molecule has 2 aliphatic heterocycles. The molecule has 2 aliphatic rings. The Labute approximate surface area is 256 Å². The molecule has 1 aromatic heterocycles. The standard InChI is InChI=1S/C29H55BN6O4Si2/c1-17(2)41(18(3)4,19(5)6)38-14-24-23(40-42(20(7)8,21(9)10)22(11)12)13-25(39-24)35-16-36(30-15-31)26-27(35)33-29(32)34-28(26)37/h17-25,30H,13-14,16H2,1-12H3,(H3,32,33,34,37)/t23-,24+,25+/m0/s1. The lowest BCUT2D eigenvalue weighted by Crippen LogP contribution is -2.53. The number of hydrogen-bond donors (Lipinski definition) is 2. The van der Waals surface area contributed by atoms with Gasteiger partial charge in [0.2, 0.25) is 14.3 Å². The van der Waals surface area contributed by atoms with Crippen LogP contribution in [0.5, 0.6) is 0 Å². The highest BCUT2D eigenvalue weighted by Gasteiger charge is 2.53. The van der Waals surface area contributed by atoms with Gasteiger partial charge in [0.25, 0.3) is 5.56 Å². The van der Waals surface area contributed by atoms with Gasteiger partial charge < -0.3 is 29.0 Å². The first kappa shape index (κ1) is 34.6. The van der Waals surface area contributed by atoms with Crippen molar-refractivity contribution < 1.29 is 13.6 Å². The Balaban J connectivity index is 2.03. The van der Waals surface area contributed by atoms with E-state index in [2.05, 4.69) is 99.0 Å². The maximum atomic E-state index is 12.9. The van der Waals surface area contributed by atoms with Crippen LogP contribution in [0.4, 0.5) is 17.5 Å². The van der Waals surface area contributed by atoms with Crippen LogP contribution in [0.15, 0.2) is 4.79 Å². The molecule has 0 radical (unpaired) electrons. The molecule has 236 valence electrons. The van der Waals surface area contributed by atoms with Crippen LogP contribution in [0.3, 0.4) is 0 Å². The lowest BCUT2D eigenvalue weighted by atomic mass is 9.95. The Hall–Kier alpha value is -1.85. The molecule has 0 aromatic carbocycles. The molecule has 1 fully saturated rings. The summed E-state index contributed by atoms with van der Waals surface area (Å²) in [6.07, 6.45) is -0.219. The van der Waals surface area contributed by atoms with Crippen molar-refractivity contribution in [3.63, 3.8) is 0 Å². The maximum absolute atomic E-state index is 12.9. The van der Waals surface area contributed by atoms with E-state index >= 15 is 0 Å². The van der Waals surface area contributed by atoms with E-state index in [1.807, 2.05) is 4.90 Å². The van der Waals surface area contributed by atoms with Crippen molar-refractivity contribution in [1.82, 2.24) is 9.97 Å². The van der Waals surface area contributed by atoms with Gasteiger partial charge in [-0.3, -0.25) is 9.78 Å². The number of aromatic amines is 1. The van der Waals surface area contributed by atoms with Gasteiger partial charge in [-0.15, -0.1) is 0 Å². The van der Waals surface area contributed by atoms with Crippen LogP contribution in [-0.2, 0) is 13.6 Å². The number of rotatable bonds is 13. The van der Waals surface area contributed by atoms with Crippen molar-refractivity contribution in [2.45, 2.75) is 141 Å². The van der Waals surface area contributed by atoms with Crippen LogP contribution < -0.4 is 21.0 Å². The third-order valence-electron chi connectivity index (χ3n) is 9.86. The molecule has 3 N–H and O–H groups in total. The van der Waals surface area contributed by atoms with Gasteiger partial charge in [0.15, 0.2) is 14.1 Å². The number of nitrogens with zero attached hydrogens (tertiary/aromatic N) is 4. The van der Waals surface area contributed by atoms with Crippen molar-refractivity contribution in [2.24, 2.45) is 0 Å². The third-order valence-corrected chi connectivity index (χ3v) is 22.1. The molecule has 1 aromatic rings. The second kappa shape index (κ2) is 13.4. The SMILES string of the molecule is CC(C)[Si](OC[C@H]1O[C@@H](N2CN(BC#N)c3c2nc(N)[nH]c3=O)C[C@@H]1O[Si](C(C)C)(C(C)C)C(C)C)(C(C)C)C(C)C. The van der Waals surface area contributed by atoms with Gasteiger partial charge in [0.05, 0.1) is 19.4 Å². The monoisotopic (exact) mass is 618 g/mol. The number of hydrogen-bond acceptors (Lipinski definition) is 9. The van der Waals surface area contributed by atoms with E-state index in [0.717, 1.165) is 0 Å². The average molecular weight is 619 g/mol. The van der Waals surface area contributed by atoms with E-state index < -0.39 is 22.9 Å². The predicted octanol–water partition coefficient (Wildman–Crippen LogP) is 5.64. The first-order chi connectivity index (χ1) is 19.5. The Morgan fingerprint density at radius 1 is 1.00 bits per heavy atom. The van der Waals surface area contributed by atoms with Gasteiger partial charge in [-0.1, -0.05) is 83.1 Å². The molecule has 42 heavy (non-hydrogen) atoms. The van der Waals surface area contributed by atoms with Crippen molar-refractivity contribution >= 4 is 41.5 Å². The molecule has 1 saturated heterocycles. The minimum absolute atomic E-state index is 0.0423. The van der Waals surface area contributed by atoms with E-state index in [4.69, 9.17) is 19.3 Å². The van der Waals surface area contributed by atoms with Crippen LogP contribution in [0, 0.1) is 11.2 Å². The molecule has 0 bridgehead atoms. The molecule has 10 nitrogen and oxygen atoms in total. The zero-order valence-electron chi connectivity index (χ0n) is 28.0. The van der Waals surface area contributed by atoms with Gasteiger partial charge in [0, 0.05) is 12.4 Å². The first-order valence-electron chi connectivity index (χ1n) is 15.8. The summed E-state index contributed by atoms with van der Waals surface area (Å²) in [4.78, 5) is 23.7. The van der Waals surface area contributed by atoms with Crippen LogP contribution in [-0.4, -0.2) is 65.7 Å². The summed E-state index contributed by atoms with van der Waals surface area (Å²) in [5, 5.41) is 9.47. The fourth-order valence-electron chi connectivity index (χ4n) is 8.28. The van der Waals surface area contributed by atoms with E-state index in [0.29, 0.717) is 64.4 Å². The molecular weight excluding hydrogens is 563 g/mol. The Kier molecular flexibility index (Phi) is 11.1. The first-order valence-corrected chi connectivity index (χ1v) is 20.1. The molecule has 0 spiro atoms. The number of H-pyrrole nitrogens is 1. The minimum atomic E-state index is -2.25. The third kappa shape index (κ3) is 6.20. The van der Waals surface area contributed by atoms with Crippen molar-refractivity contribution in [3.8, 4) is 5.97 Å². The number of aromatic nitrogens is 2. The molecule has 13 heteroatoms. The van der Waals surface area contributed by atoms with Crippen LogP contribution in [0.1, 0.15) is 89.5 Å². The average Bonchev–Trinajstić information content (AvgIpc) is 3.42. The largest absolute Gasteiger partial charge is 0.413 e. The number of ether oxygens (including phenoxy) is 1. The fourth-order valence-corrected chi connectivity index (χ4v) is 19.3. The number of nitrogen functional groups attached to an aromatic ring is 1. The lowest BCUT2D eigenvalue weighted by molar-refractivity contribution is -0.0175. The Morgan fingerprint density at radius 2 is 1.52 bits per heavy atom. The van der Waals surface area contributed by atoms with Gasteiger partial charge in [0.1, 0.15) is 18.0 Å². The quantitative estimate of drug-likeness (QED) is 0.270. The van der Waals surface area contributed by atoms with Crippen molar-refractivity contribution in [3.05, 3.63) is 10.4 Å². The lowest BCUT2D eigenvalue weighted by Gasteiger charge is -2.45. The summed E-state index contributed by atoms with van der Waals surface area (Å²) in [6.45, 7) is 28.4. The second-order valence-corrected chi connectivity index (χ2v) is 24.9. The molecular formula is C29H55BN6O4Si2. The Bertz CT molecular complexity index is 1130. The summed E-state index contributed by atoms with van der Waals surface area (Å²) >= 11 is 0. The maximum Gasteiger partial charge on any atom is 0.362 e. The minimum Gasteiger partial charge on any atom is -0.413 e. The van der Waals surface area contributed by atoms with Crippen LogP contribution in [0.2, 0.25) is 33.2 Å². The van der Waals surface area contributed by atoms with Crippen molar-refractivity contribution in [1.29, 1.82) is 5.26 Å². The summed E-state index contributed by atoms with van der Waals surface area (Å²) in [7, 11) is -4.34. The molecule has 0 aliphatic carbocycles.